The molecule has 0 aromatic rings. The Morgan fingerprint density at radius 3 is 2.35 bits per heavy atom. The number of carbonyl (C=O) groups excluding carboxylic acids is 1. The molecular weight excluding hydrogens is 214 g/mol. The van der Waals surface area contributed by atoms with E-state index in [0.29, 0.717) is 12.0 Å². The smallest absolute Gasteiger partial charge is 0.317 e. The van der Waals surface area contributed by atoms with Gasteiger partial charge in [0.1, 0.15) is 0 Å². The zero-order chi connectivity index (χ0) is 12.3. The number of nitrogens with zero attached hydrogens (tertiary/aromatic N) is 2. The number of amides is 2. The van der Waals surface area contributed by atoms with Crippen LogP contribution < -0.4 is 5.32 Å². The zero-order valence-corrected chi connectivity index (χ0v) is 11.1. The maximum absolute atomic E-state index is 11.9. The van der Waals surface area contributed by atoms with Gasteiger partial charge in [-0.2, -0.15) is 0 Å². The first-order valence-electron chi connectivity index (χ1n) is 6.93. The van der Waals surface area contributed by atoms with Crippen molar-refractivity contribution in [3.05, 3.63) is 0 Å². The van der Waals surface area contributed by atoms with E-state index in [1.54, 1.807) is 0 Å². The fraction of sp³-hybridized carbons (Fsp3) is 0.923. The third-order valence-electron chi connectivity index (χ3n) is 3.72. The van der Waals surface area contributed by atoms with Crippen molar-refractivity contribution in [3.63, 3.8) is 0 Å². The minimum Gasteiger partial charge on any atom is -0.335 e. The number of hydrogen-bond acceptors (Lipinski definition) is 2. The Morgan fingerprint density at radius 2 is 1.88 bits per heavy atom. The molecule has 1 saturated carbocycles. The van der Waals surface area contributed by atoms with Crippen LogP contribution in [0.15, 0.2) is 0 Å². The average molecular weight is 239 g/mol. The van der Waals surface area contributed by atoms with Gasteiger partial charge in [-0.25, -0.2) is 4.79 Å². The summed E-state index contributed by atoms with van der Waals surface area (Å²) in [6, 6.07) is 0.607. The second kappa shape index (κ2) is 5.71. The Labute approximate surface area is 104 Å². The first-order chi connectivity index (χ1) is 8.15. The summed E-state index contributed by atoms with van der Waals surface area (Å²) in [6.07, 6.45) is 3.60. The second-order valence-corrected chi connectivity index (χ2v) is 5.76. The standard InChI is InChI=1S/C13H25N3O/c1-11(2)10-15-6-8-16(9-7-15)13(17)14-12-4-3-5-12/h11-12H,3-10H2,1-2H3,(H,14,17). The van der Waals surface area contributed by atoms with Gasteiger partial charge in [0, 0.05) is 38.8 Å². The monoisotopic (exact) mass is 239 g/mol. The van der Waals surface area contributed by atoms with Crippen LogP contribution in [0.3, 0.4) is 0 Å². The Bertz CT molecular complexity index is 255. The molecule has 0 unspecified atom stereocenters. The van der Waals surface area contributed by atoms with Crippen LogP contribution in [0.25, 0.3) is 0 Å². The quantitative estimate of drug-likeness (QED) is 0.810. The third-order valence-corrected chi connectivity index (χ3v) is 3.72. The van der Waals surface area contributed by atoms with Crippen molar-refractivity contribution < 1.29 is 4.79 Å². The summed E-state index contributed by atoms with van der Waals surface area (Å²) in [4.78, 5) is 16.4. The minimum atomic E-state index is 0.152. The summed E-state index contributed by atoms with van der Waals surface area (Å²) < 4.78 is 0. The predicted octanol–water partition coefficient (Wildman–Crippen LogP) is 1.52. The van der Waals surface area contributed by atoms with E-state index in [-0.39, 0.29) is 6.03 Å². The summed E-state index contributed by atoms with van der Waals surface area (Å²) in [5, 5.41) is 3.11. The van der Waals surface area contributed by atoms with Gasteiger partial charge >= 0.3 is 6.03 Å². The van der Waals surface area contributed by atoms with E-state index in [2.05, 4.69) is 24.1 Å². The molecule has 98 valence electrons. The van der Waals surface area contributed by atoms with Crippen LogP contribution in [0.1, 0.15) is 33.1 Å². The van der Waals surface area contributed by atoms with Gasteiger partial charge in [0.05, 0.1) is 0 Å². The lowest BCUT2D eigenvalue weighted by Crippen LogP contribution is -2.54. The van der Waals surface area contributed by atoms with Crippen molar-refractivity contribution in [2.24, 2.45) is 5.92 Å². The topological polar surface area (TPSA) is 35.6 Å². The highest BCUT2D eigenvalue weighted by Gasteiger charge is 2.25. The minimum absolute atomic E-state index is 0.152. The highest BCUT2D eigenvalue weighted by atomic mass is 16.2. The maximum Gasteiger partial charge on any atom is 0.317 e. The number of rotatable bonds is 3. The first kappa shape index (κ1) is 12.7. The number of hydrogen-bond donors (Lipinski definition) is 1. The Hall–Kier alpha value is -0.770. The molecule has 1 N–H and O–H groups in total. The lowest BCUT2D eigenvalue weighted by molar-refractivity contribution is 0.126. The molecule has 1 aliphatic carbocycles. The lowest BCUT2D eigenvalue weighted by atomic mass is 9.93. The van der Waals surface area contributed by atoms with Crippen molar-refractivity contribution in [2.75, 3.05) is 32.7 Å². The summed E-state index contributed by atoms with van der Waals surface area (Å²) >= 11 is 0. The van der Waals surface area contributed by atoms with E-state index in [1.165, 1.54) is 19.3 Å². The lowest BCUT2D eigenvalue weighted by Gasteiger charge is -2.37. The second-order valence-electron chi connectivity index (χ2n) is 5.76. The van der Waals surface area contributed by atoms with Crippen LogP contribution in [0.2, 0.25) is 0 Å². The Balaban J connectivity index is 1.68. The maximum atomic E-state index is 11.9. The molecule has 17 heavy (non-hydrogen) atoms. The number of piperazine rings is 1. The van der Waals surface area contributed by atoms with Gasteiger partial charge in [0.2, 0.25) is 0 Å². The van der Waals surface area contributed by atoms with Gasteiger partial charge in [0.15, 0.2) is 0 Å². The highest BCUT2D eigenvalue weighted by Crippen LogP contribution is 2.18. The average Bonchev–Trinajstić information content (AvgIpc) is 2.23. The molecule has 1 heterocycles. The van der Waals surface area contributed by atoms with Gasteiger partial charge in [-0.05, 0) is 25.2 Å². The molecule has 1 aliphatic heterocycles. The molecule has 0 aromatic carbocycles. The largest absolute Gasteiger partial charge is 0.335 e. The summed E-state index contributed by atoms with van der Waals surface area (Å²) in [7, 11) is 0. The van der Waals surface area contributed by atoms with E-state index >= 15 is 0 Å². The molecule has 0 bridgehead atoms. The van der Waals surface area contributed by atoms with E-state index in [9.17, 15) is 4.79 Å². The molecule has 4 nitrogen and oxygen atoms in total. The van der Waals surface area contributed by atoms with Crippen LogP contribution in [0.4, 0.5) is 4.79 Å². The number of carbonyl (C=O) groups is 1. The molecule has 0 aromatic heterocycles. The predicted molar refractivity (Wildman–Crippen MR) is 69.0 cm³/mol. The molecule has 2 aliphatic rings. The molecule has 0 spiro atoms. The normalized spacial score (nSPS) is 22.6. The summed E-state index contributed by atoms with van der Waals surface area (Å²) in [5.74, 6) is 0.713. The van der Waals surface area contributed by atoms with Gasteiger partial charge < -0.3 is 10.2 Å². The molecule has 1 saturated heterocycles. The van der Waals surface area contributed by atoms with E-state index in [4.69, 9.17) is 0 Å². The first-order valence-corrected chi connectivity index (χ1v) is 6.93. The van der Waals surface area contributed by atoms with E-state index in [1.807, 2.05) is 4.90 Å². The molecule has 4 heteroatoms. The van der Waals surface area contributed by atoms with Crippen molar-refractivity contribution >= 4 is 6.03 Å². The molecule has 0 atom stereocenters. The molecular formula is C13H25N3O. The SMILES string of the molecule is CC(C)CN1CCN(C(=O)NC2CCC2)CC1. The molecule has 0 radical (unpaired) electrons. The van der Waals surface area contributed by atoms with E-state index in [0.717, 1.165) is 32.7 Å². The fourth-order valence-electron chi connectivity index (χ4n) is 2.47. The molecule has 2 amide bonds. The zero-order valence-electron chi connectivity index (χ0n) is 11.1. The van der Waals surface area contributed by atoms with Crippen molar-refractivity contribution in [1.82, 2.24) is 15.1 Å². The van der Waals surface area contributed by atoms with Crippen LogP contribution in [-0.2, 0) is 0 Å². The fourth-order valence-corrected chi connectivity index (χ4v) is 2.47. The Morgan fingerprint density at radius 1 is 1.24 bits per heavy atom. The van der Waals surface area contributed by atoms with Gasteiger partial charge in [-0.1, -0.05) is 13.8 Å². The number of urea groups is 1. The van der Waals surface area contributed by atoms with Crippen molar-refractivity contribution in [1.29, 1.82) is 0 Å². The van der Waals surface area contributed by atoms with Crippen LogP contribution >= 0.6 is 0 Å². The van der Waals surface area contributed by atoms with Gasteiger partial charge in [0.25, 0.3) is 0 Å². The summed E-state index contributed by atoms with van der Waals surface area (Å²) in [5.41, 5.74) is 0. The summed E-state index contributed by atoms with van der Waals surface area (Å²) in [6.45, 7) is 9.45. The van der Waals surface area contributed by atoms with E-state index < -0.39 is 0 Å². The van der Waals surface area contributed by atoms with Gasteiger partial charge in [-0.3, -0.25) is 4.90 Å². The molecule has 2 rings (SSSR count). The third kappa shape index (κ3) is 3.60. The number of nitrogens with one attached hydrogen (secondary N) is 1. The molecule has 2 fully saturated rings. The van der Waals surface area contributed by atoms with Crippen molar-refractivity contribution in [3.8, 4) is 0 Å². The van der Waals surface area contributed by atoms with Crippen LogP contribution in [-0.4, -0.2) is 54.6 Å². The highest BCUT2D eigenvalue weighted by molar-refractivity contribution is 5.74. The van der Waals surface area contributed by atoms with Crippen LogP contribution in [0, 0.1) is 5.92 Å². The van der Waals surface area contributed by atoms with Crippen LogP contribution in [0.5, 0.6) is 0 Å². The van der Waals surface area contributed by atoms with Gasteiger partial charge in [-0.15, -0.1) is 0 Å². The van der Waals surface area contributed by atoms with Crippen molar-refractivity contribution in [2.45, 2.75) is 39.2 Å². The Kier molecular flexibility index (Phi) is 4.26.